The number of piperazine rings is 1. The zero-order valence-electron chi connectivity index (χ0n) is 24.0. The van der Waals surface area contributed by atoms with Crippen molar-refractivity contribution < 1.29 is 23.7 Å². The van der Waals surface area contributed by atoms with Gasteiger partial charge in [-0.3, -0.25) is 9.80 Å². The SMILES string of the molecule is C=CCOc1c(C)c2c(c3c1CC1[C@@H]4c5c(cc(C)c(C)c5OCOC)C[C@@H](C(C#N)N1[C@H]3CN)N4C)OCO2. The van der Waals surface area contributed by atoms with Crippen LogP contribution in [0.3, 0.4) is 0 Å². The summed E-state index contributed by atoms with van der Waals surface area (Å²) in [6.45, 7) is 11.1. The molecule has 0 aromatic heterocycles. The maximum absolute atomic E-state index is 10.7. The van der Waals surface area contributed by atoms with Gasteiger partial charge in [0.25, 0.3) is 0 Å². The van der Waals surface area contributed by atoms with Gasteiger partial charge in [0, 0.05) is 48.0 Å². The lowest BCUT2D eigenvalue weighted by Crippen LogP contribution is -2.68. The van der Waals surface area contributed by atoms with Crippen LogP contribution in [0.4, 0.5) is 0 Å². The Bertz CT molecular complexity index is 1400. The maximum Gasteiger partial charge on any atom is 0.231 e. The molecule has 4 aliphatic heterocycles. The van der Waals surface area contributed by atoms with Gasteiger partial charge in [0.15, 0.2) is 18.3 Å². The van der Waals surface area contributed by atoms with Gasteiger partial charge in [-0.1, -0.05) is 18.7 Å². The van der Waals surface area contributed by atoms with Gasteiger partial charge >= 0.3 is 0 Å². The normalized spacial score (nSPS) is 26.4. The van der Waals surface area contributed by atoms with Crippen LogP contribution in [0.25, 0.3) is 0 Å². The summed E-state index contributed by atoms with van der Waals surface area (Å²) < 4.78 is 29.9. The molecule has 9 nitrogen and oxygen atoms in total. The van der Waals surface area contributed by atoms with Gasteiger partial charge in [-0.25, -0.2) is 0 Å². The first kappa shape index (κ1) is 26.9. The van der Waals surface area contributed by atoms with E-state index in [9.17, 15) is 5.26 Å². The molecule has 9 heteroatoms. The Hall–Kier alpha value is -3.29. The highest BCUT2D eigenvalue weighted by Gasteiger charge is 2.56. The second kappa shape index (κ2) is 10.3. The zero-order chi connectivity index (χ0) is 28.3. The monoisotopic (exact) mass is 546 g/mol. The summed E-state index contributed by atoms with van der Waals surface area (Å²) in [5, 5.41) is 10.7. The third kappa shape index (κ3) is 3.74. The van der Waals surface area contributed by atoms with E-state index >= 15 is 0 Å². The van der Waals surface area contributed by atoms with Gasteiger partial charge in [0.2, 0.25) is 6.79 Å². The number of fused-ring (bicyclic) bond motifs is 9. The van der Waals surface area contributed by atoms with Crippen molar-refractivity contribution in [2.24, 2.45) is 5.73 Å². The molecule has 4 aliphatic rings. The fourth-order valence-electron chi connectivity index (χ4n) is 7.55. The molecule has 5 atom stereocenters. The molecule has 2 unspecified atom stereocenters. The van der Waals surface area contributed by atoms with Crippen LogP contribution >= 0.6 is 0 Å². The van der Waals surface area contributed by atoms with Crippen LogP contribution in [0.2, 0.25) is 0 Å². The summed E-state index contributed by atoms with van der Waals surface area (Å²) >= 11 is 0. The molecule has 6 rings (SSSR count). The number of benzene rings is 2. The molecule has 0 amide bonds. The van der Waals surface area contributed by atoms with Crippen LogP contribution < -0.4 is 24.7 Å². The highest BCUT2D eigenvalue weighted by molar-refractivity contribution is 5.66. The Balaban J connectivity index is 1.59. The third-order valence-electron chi connectivity index (χ3n) is 9.30. The van der Waals surface area contributed by atoms with E-state index in [1.54, 1.807) is 13.2 Å². The minimum absolute atomic E-state index is 0.00103. The van der Waals surface area contributed by atoms with Gasteiger partial charge < -0.3 is 29.4 Å². The number of nitrogens with two attached hydrogens (primary N) is 1. The predicted octanol–water partition coefficient (Wildman–Crippen LogP) is 3.62. The second-order valence-electron chi connectivity index (χ2n) is 11.2. The van der Waals surface area contributed by atoms with E-state index in [1.807, 2.05) is 6.92 Å². The van der Waals surface area contributed by atoms with Crippen molar-refractivity contribution in [3.63, 3.8) is 0 Å². The molecule has 1 saturated heterocycles. The molecule has 212 valence electrons. The van der Waals surface area contributed by atoms with Crippen molar-refractivity contribution in [3.8, 4) is 29.1 Å². The number of hydrogen-bond donors (Lipinski definition) is 1. The first-order chi connectivity index (χ1) is 19.4. The Kier molecular flexibility index (Phi) is 6.91. The number of methoxy groups -OCH3 is 1. The summed E-state index contributed by atoms with van der Waals surface area (Å²) in [7, 11) is 3.78. The fraction of sp³-hybridized carbons (Fsp3) is 0.516. The van der Waals surface area contributed by atoms with E-state index in [1.165, 1.54) is 16.7 Å². The van der Waals surface area contributed by atoms with Crippen molar-refractivity contribution >= 4 is 0 Å². The average Bonchev–Trinajstić information content (AvgIpc) is 3.44. The van der Waals surface area contributed by atoms with Crippen molar-refractivity contribution in [1.82, 2.24) is 9.80 Å². The van der Waals surface area contributed by atoms with Crippen molar-refractivity contribution in [2.45, 2.75) is 63.8 Å². The molecule has 0 aliphatic carbocycles. The number of ether oxygens (including phenoxy) is 5. The molecule has 0 saturated carbocycles. The highest BCUT2D eigenvalue weighted by atomic mass is 16.7. The van der Waals surface area contributed by atoms with Gasteiger partial charge in [0.05, 0.1) is 18.2 Å². The predicted molar refractivity (Wildman–Crippen MR) is 150 cm³/mol. The first-order valence-electron chi connectivity index (χ1n) is 13.9. The van der Waals surface area contributed by atoms with Crippen LogP contribution in [0, 0.1) is 32.1 Å². The molecule has 0 radical (unpaired) electrons. The molecule has 2 aromatic carbocycles. The minimum Gasteiger partial charge on any atom is -0.489 e. The molecule has 2 bridgehead atoms. The smallest absolute Gasteiger partial charge is 0.231 e. The van der Waals surface area contributed by atoms with E-state index in [2.05, 4.69) is 49.4 Å². The van der Waals surface area contributed by atoms with Gasteiger partial charge in [0.1, 0.15) is 24.1 Å². The Morgan fingerprint density at radius 3 is 2.58 bits per heavy atom. The number of nitrogens with zero attached hydrogens (tertiary/aromatic N) is 3. The van der Waals surface area contributed by atoms with E-state index in [0.717, 1.165) is 45.9 Å². The second-order valence-corrected chi connectivity index (χ2v) is 11.2. The summed E-state index contributed by atoms with van der Waals surface area (Å²) in [6.07, 6.45) is 3.15. The maximum atomic E-state index is 10.7. The molecule has 1 fully saturated rings. The van der Waals surface area contributed by atoms with E-state index in [0.29, 0.717) is 25.3 Å². The average molecular weight is 547 g/mol. The molecule has 2 aromatic rings. The summed E-state index contributed by atoms with van der Waals surface area (Å²) in [5.41, 5.74) is 14.2. The number of rotatable bonds is 7. The molecular formula is C31H38N4O5. The lowest BCUT2D eigenvalue weighted by atomic mass is 9.71. The van der Waals surface area contributed by atoms with Gasteiger partial charge in [-0.05, 0) is 57.4 Å². The molecular weight excluding hydrogens is 508 g/mol. The molecule has 4 heterocycles. The van der Waals surface area contributed by atoms with Crippen LogP contribution in [-0.4, -0.2) is 68.8 Å². The Labute approximate surface area is 236 Å². The van der Waals surface area contributed by atoms with Crippen LogP contribution in [0.15, 0.2) is 18.7 Å². The zero-order valence-corrected chi connectivity index (χ0v) is 24.0. The number of hydrogen-bond acceptors (Lipinski definition) is 9. The largest absolute Gasteiger partial charge is 0.489 e. The number of likely N-dealkylation sites (N-methyl/N-ethyl adjacent to an activating group) is 1. The number of aryl methyl sites for hydroxylation is 1. The van der Waals surface area contributed by atoms with Gasteiger partial charge in [-0.15, -0.1) is 0 Å². The topological polar surface area (TPSA) is 102 Å². The fourth-order valence-corrected chi connectivity index (χ4v) is 7.55. The van der Waals surface area contributed by atoms with Crippen LogP contribution in [-0.2, 0) is 17.6 Å². The summed E-state index contributed by atoms with van der Waals surface area (Å²) in [6, 6.07) is 4.28. The summed E-state index contributed by atoms with van der Waals surface area (Å²) in [4.78, 5) is 4.74. The quantitative estimate of drug-likeness (QED) is 0.412. The minimum atomic E-state index is -0.358. The molecule has 40 heavy (non-hydrogen) atoms. The van der Waals surface area contributed by atoms with Gasteiger partial charge in [-0.2, -0.15) is 5.26 Å². The third-order valence-corrected chi connectivity index (χ3v) is 9.30. The van der Waals surface area contributed by atoms with Crippen molar-refractivity contribution in [3.05, 3.63) is 57.7 Å². The molecule has 0 spiro atoms. The van der Waals surface area contributed by atoms with Crippen LogP contribution in [0.5, 0.6) is 23.0 Å². The van der Waals surface area contributed by atoms with Crippen LogP contribution in [0.1, 0.15) is 51.0 Å². The van der Waals surface area contributed by atoms with Crippen molar-refractivity contribution in [1.29, 1.82) is 5.26 Å². The van der Waals surface area contributed by atoms with E-state index in [4.69, 9.17) is 29.4 Å². The first-order valence-corrected chi connectivity index (χ1v) is 13.9. The lowest BCUT2D eigenvalue weighted by molar-refractivity contribution is -0.0718. The lowest BCUT2D eigenvalue weighted by Gasteiger charge is -2.60. The highest BCUT2D eigenvalue weighted by Crippen LogP contribution is 2.57. The standard InChI is InChI=1S/C31H38N4O5/c1-7-8-37-28-18(4)30-31(40-15-39-30)26-20(28)11-22-27-25-19(9-16(2)17(3)29(25)38-14-36-6)10-21(34(27)5)23(12-32)35(22)24(26)13-33/h7,9,21-24,27H,1,8,10-11,13-15,33H2,2-6H3/t21-,22?,23?,24-,27+/m0/s1. The Morgan fingerprint density at radius 1 is 1.10 bits per heavy atom. The van der Waals surface area contributed by atoms with E-state index in [-0.39, 0.29) is 43.8 Å². The number of nitriles is 1. The summed E-state index contributed by atoms with van der Waals surface area (Å²) in [5.74, 6) is 3.10. The molecule has 2 N–H and O–H groups in total. The van der Waals surface area contributed by atoms with Crippen molar-refractivity contribution in [2.75, 3.05) is 40.9 Å². The Morgan fingerprint density at radius 2 is 1.88 bits per heavy atom. The van der Waals surface area contributed by atoms with E-state index < -0.39 is 0 Å².